The quantitative estimate of drug-likeness (QED) is 0.768. The Labute approximate surface area is 152 Å². The molecule has 0 radical (unpaired) electrons. The average Bonchev–Trinajstić information content (AvgIpc) is 2.62. The molecule has 9 heteroatoms. The molecule has 0 saturated carbocycles. The number of hydrogen-bond donors (Lipinski definition) is 2. The average molecular weight is 386 g/mol. The van der Waals surface area contributed by atoms with E-state index in [0.29, 0.717) is 31.7 Å². The van der Waals surface area contributed by atoms with E-state index >= 15 is 0 Å². The van der Waals surface area contributed by atoms with Crippen molar-refractivity contribution in [3.8, 4) is 0 Å². The number of benzene rings is 1. The summed E-state index contributed by atoms with van der Waals surface area (Å²) in [4.78, 5) is 12.1. The van der Waals surface area contributed by atoms with Crippen molar-refractivity contribution >= 4 is 16.0 Å². The van der Waals surface area contributed by atoms with Gasteiger partial charge in [-0.25, -0.2) is 12.8 Å². The Bertz CT molecular complexity index is 749. The van der Waals surface area contributed by atoms with Gasteiger partial charge in [0.2, 0.25) is 10.0 Å². The van der Waals surface area contributed by atoms with Gasteiger partial charge in [0.05, 0.1) is 17.3 Å². The van der Waals surface area contributed by atoms with Crippen LogP contribution >= 0.6 is 0 Å². The second-order valence-corrected chi connectivity index (χ2v) is 8.78. The maximum Gasteiger partial charge on any atom is 0.314 e. The summed E-state index contributed by atoms with van der Waals surface area (Å²) in [5, 5.41) is 13.0. The summed E-state index contributed by atoms with van der Waals surface area (Å²) in [6.07, 6.45) is -0.456. The zero-order valence-electron chi connectivity index (χ0n) is 14.4. The van der Waals surface area contributed by atoms with E-state index < -0.39 is 33.3 Å². The van der Waals surface area contributed by atoms with Crippen molar-refractivity contribution in [2.75, 3.05) is 38.5 Å². The van der Waals surface area contributed by atoms with Gasteiger partial charge in [-0.3, -0.25) is 4.79 Å². The molecule has 144 valence electrons. The second-order valence-electron chi connectivity index (χ2n) is 6.77. The molecular formula is C17H23FN2O5S. The lowest BCUT2D eigenvalue weighted by Crippen LogP contribution is -2.51. The van der Waals surface area contributed by atoms with Gasteiger partial charge in [-0.15, -0.1) is 0 Å². The van der Waals surface area contributed by atoms with Gasteiger partial charge < -0.3 is 15.2 Å². The molecular weight excluding hydrogens is 363 g/mol. The molecule has 1 aromatic rings. The Balaban J connectivity index is 1.80. The molecule has 7 nitrogen and oxygen atoms in total. The summed E-state index contributed by atoms with van der Waals surface area (Å²) in [6.45, 7) is 2.14. The van der Waals surface area contributed by atoms with Crippen LogP contribution in [0.1, 0.15) is 18.4 Å². The maximum absolute atomic E-state index is 13.2. The van der Waals surface area contributed by atoms with Crippen LogP contribution < -0.4 is 5.32 Å². The van der Waals surface area contributed by atoms with Crippen molar-refractivity contribution in [3.63, 3.8) is 0 Å². The number of carboxylic acids is 1. The van der Waals surface area contributed by atoms with Gasteiger partial charge in [0.1, 0.15) is 5.82 Å². The van der Waals surface area contributed by atoms with Crippen LogP contribution in [0.4, 0.5) is 4.39 Å². The topological polar surface area (TPSA) is 95.9 Å². The molecule has 0 amide bonds. The maximum atomic E-state index is 13.2. The predicted molar refractivity (Wildman–Crippen MR) is 92.9 cm³/mol. The zero-order valence-corrected chi connectivity index (χ0v) is 15.2. The van der Waals surface area contributed by atoms with Crippen LogP contribution in [0.2, 0.25) is 0 Å². The van der Waals surface area contributed by atoms with Crippen LogP contribution in [-0.4, -0.2) is 68.4 Å². The highest BCUT2D eigenvalue weighted by atomic mass is 32.2. The third-order valence-corrected chi connectivity index (χ3v) is 7.08. The number of carboxylic acid groups (broad SMARTS) is 1. The fourth-order valence-corrected chi connectivity index (χ4v) is 5.30. The minimum absolute atomic E-state index is 0.0410. The molecule has 2 heterocycles. The SMILES string of the molecule is O=C(O)C1(c2ccc(F)cc2)CCOC(CS(=O)(=O)N2CCNCC2)C1. The lowest BCUT2D eigenvalue weighted by Gasteiger charge is -2.38. The molecule has 2 aliphatic rings. The van der Waals surface area contributed by atoms with Crippen molar-refractivity contribution in [3.05, 3.63) is 35.6 Å². The van der Waals surface area contributed by atoms with Gasteiger partial charge >= 0.3 is 5.97 Å². The molecule has 0 aromatic heterocycles. The Morgan fingerprint density at radius 1 is 1.31 bits per heavy atom. The van der Waals surface area contributed by atoms with Crippen LogP contribution in [0.15, 0.2) is 24.3 Å². The Morgan fingerprint density at radius 2 is 1.96 bits per heavy atom. The van der Waals surface area contributed by atoms with Crippen LogP contribution in [0.25, 0.3) is 0 Å². The van der Waals surface area contributed by atoms with E-state index in [-0.39, 0.29) is 25.2 Å². The molecule has 2 saturated heterocycles. The Morgan fingerprint density at radius 3 is 2.58 bits per heavy atom. The third kappa shape index (κ3) is 3.90. The fourth-order valence-electron chi connectivity index (χ4n) is 3.67. The standard InChI is InChI=1S/C17H23FN2O5S/c18-14-3-1-13(2-4-14)17(16(21)22)5-10-25-15(11-17)12-26(23,24)20-8-6-19-7-9-20/h1-4,15,19H,5-12H2,(H,21,22). The molecule has 3 rings (SSSR count). The molecule has 0 bridgehead atoms. The van der Waals surface area contributed by atoms with E-state index in [1.54, 1.807) is 0 Å². The van der Waals surface area contributed by atoms with Gasteiger partial charge in [-0.2, -0.15) is 4.31 Å². The number of piperazine rings is 1. The van der Waals surface area contributed by atoms with Gasteiger partial charge in [-0.05, 0) is 30.5 Å². The number of nitrogens with zero attached hydrogens (tertiary/aromatic N) is 1. The van der Waals surface area contributed by atoms with Crippen molar-refractivity contribution in [2.24, 2.45) is 0 Å². The van der Waals surface area contributed by atoms with Crippen LogP contribution in [-0.2, 0) is 25.0 Å². The van der Waals surface area contributed by atoms with Crippen molar-refractivity contribution in [2.45, 2.75) is 24.4 Å². The minimum Gasteiger partial charge on any atom is -0.481 e. The monoisotopic (exact) mass is 386 g/mol. The predicted octanol–water partition coefficient (Wildman–Crippen LogP) is 0.562. The number of sulfonamides is 1. The van der Waals surface area contributed by atoms with Gasteiger partial charge in [-0.1, -0.05) is 12.1 Å². The van der Waals surface area contributed by atoms with Crippen molar-refractivity contribution < 1.29 is 27.4 Å². The summed E-state index contributed by atoms with van der Waals surface area (Å²) in [6, 6.07) is 5.36. The number of rotatable bonds is 5. The molecule has 2 fully saturated rings. The number of hydrogen-bond acceptors (Lipinski definition) is 5. The van der Waals surface area contributed by atoms with Crippen molar-refractivity contribution in [1.29, 1.82) is 0 Å². The Hall–Kier alpha value is -1.55. The van der Waals surface area contributed by atoms with Crippen LogP contribution in [0.3, 0.4) is 0 Å². The highest BCUT2D eigenvalue weighted by Crippen LogP contribution is 2.38. The first-order valence-electron chi connectivity index (χ1n) is 8.63. The first-order valence-corrected chi connectivity index (χ1v) is 10.2. The van der Waals surface area contributed by atoms with Crippen LogP contribution in [0.5, 0.6) is 0 Å². The van der Waals surface area contributed by atoms with E-state index in [1.165, 1.54) is 28.6 Å². The first kappa shape index (κ1) is 19.2. The summed E-state index contributed by atoms with van der Waals surface area (Å²) < 4.78 is 45.5. The number of carbonyl (C=O) groups is 1. The van der Waals surface area contributed by atoms with Crippen molar-refractivity contribution in [1.82, 2.24) is 9.62 Å². The van der Waals surface area contributed by atoms with Gasteiger partial charge in [0, 0.05) is 32.8 Å². The molecule has 2 aliphatic heterocycles. The Kier molecular flexibility index (Phi) is 5.61. The zero-order chi connectivity index (χ0) is 18.8. The lowest BCUT2D eigenvalue weighted by molar-refractivity contribution is -0.150. The molecule has 0 aliphatic carbocycles. The van der Waals surface area contributed by atoms with Gasteiger partial charge in [0.25, 0.3) is 0 Å². The van der Waals surface area contributed by atoms with Crippen LogP contribution in [0, 0.1) is 5.82 Å². The summed E-state index contributed by atoms with van der Waals surface area (Å²) in [7, 11) is -3.53. The van der Waals surface area contributed by atoms with E-state index in [1.807, 2.05) is 0 Å². The molecule has 1 aromatic carbocycles. The van der Waals surface area contributed by atoms with E-state index in [2.05, 4.69) is 5.32 Å². The number of nitrogens with one attached hydrogen (secondary N) is 1. The lowest BCUT2D eigenvalue weighted by atomic mass is 9.72. The molecule has 2 atom stereocenters. The molecule has 2 N–H and O–H groups in total. The first-order chi connectivity index (χ1) is 12.3. The highest BCUT2D eigenvalue weighted by molar-refractivity contribution is 7.89. The highest BCUT2D eigenvalue weighted by Gasteiger charge is 2.46. The smallest absolute Gasteiger partial charge is 0.314 e. The summed E-state index contributed by atoms with van der Waals surface area (Å²) in [5.74, 6) is -1.74. The fraction of sp³-hybridized carbons (Fsp3) is 0.588. The third-order valence-electron chi connectivity index (χ3n) is 5.13. The summed E-state index contributed by atoms with van der Waals surface area (Å²) in [5.41, 5.74) is -0.797. The molecule has 0 spiro atoms. The number of aliphatic carboxylic acids is 1. The molecule has 26 heavy (non-hydrogen) atoms. The number of halogens is 1. The van der Waals surface area contributed by atoms with E-state index in [0.717, 1.165) is 0 Å². The molecule has 2 unspecified atom stereocenters. The number of ether oxygens (including phenoxy) is 1. The second kappa shape index (κ2) is 7.59. The van der Waals surface area contributed by atoms with E-state index in [4.69, 9.17) is 4.74 Å². The van der Waals surface area contributed by atoms with Gasteiger partial charge in [0.15, 0.2) is 0 Å². The minimum atomic E-state index is -3.53. The largest absolute Gasteiger partial charge is 0.481 e. The van der Waals surface area contributed by atoms with E-state index in [9.17, 15) is 22.7 Å². The summed E-state index contributed by atoms with van der Waals surface area (Å²) >= 11 is 0. The normalized spacial score (nSPS) is 28.0.